The third kappa shape index (κ3) is 2.56. The SMILES string of the molecule is CC1(C(=O)O)CCN(C(=O)Nc2cccc(F)c2F)C1. The lowest BCUT2D eigenvalue weighted by atomic mass is 9.90. The smallest absolute Gasteiger partial charge is 0.321 e. The van der Waals surface area contributed by atoms with Gasteiger partial charge in [-0.1, -0.05) is 6.07 Å². The fourth-order valence-corrected chi connectivity index (χ4v) is 2.10. The molecule has 0 radical (unpaired) electrons. The third-order valence-corrected chi connectivity index (χ3v) is 3.47. The molecule has 1 fully saturated rings. The van der Waals surface area contributed by atoms with Gasteiger partial charge in [-0.25, -0.2) is 13.6 Å². The molecule has 20 heavy (non-hydrogen) atoms. The quantitative estimate of drug-likeness (QED) is 0.875. The molecule has 7 heteroatoms. The van der Waals surface area contributed by atoms with Gasteiger partial charge in [0.1, 0.15) is 0 Å². The number of likely N-dealkylation sites (tertiary alicyclic amines) is 1. The number of amides is 2. The maximum atomic E-state index is 13.4. The van der Waals surface area contributed by atoms with Gasteiger partial charge < -0.3 is 15.3 Å². The van der Waals surface area contributed by atoms with Gasteiger partial charge >= 0.3 is 12.0 Å². The lowest BCUT2D eigenvalue weighted by Gasteiger charge is -2.20. The number of rotatable bonds is 2. The molecule has 1 unspecified atom stereocenters. The number of carbonyl (C=O) groups excluding carboxylic acids is 1. The van der Waals surface area contributed by atoms with E-state index in [2.05, 4.69) is 5.32 Å². The summed E-state index contributed by atoms with van der Waals surface area (Å²) in [5.74, 6) is -3.18. The summed E-state index contributed by atoms with van der Waals surface area (Å²) in [6.07, 6.45) is 0.321. The molecule has 1 aromatic carbocycles. The van der Waals surface area contributed by atoms with E-state index in [1.54, 1.807) is 6.92 Å². The lowest BCUT2D eigenvalue weighted by molar-refractivity contribution is -0.146. The van der Waals surface area contributed by atoms with Crippen molar-refractivity contribution in [3.63, 3.8) is 0 Å². The third-order valence-electron chi connectivity index (χ3n) is 3.47. The summed E-state index contributed by atoms with van der Waals surface area (Å²) in [4.78, 5) is 24.3. The summed E-state index contributed by atoms with van der Waals surface area (Å²) < 4.78 is 26.4. The highest BCUT2D eigenvalue weighted by Gasteiger charge is 2.42. The molecule has 0 spiro atoms. The number of halogens is 2. The summed E-state index contributed by atoms with van der Waals surface area (Å²) in [6, 6.07) is 2.82. The van der Waals surface area contributed by atoms with Crippen LogP contribution in [0.1, 0.15) is 13.3 Å². The molecule has 2 rings (SSSR count). The molecule has 1 heterocycles. The van der Waals surface area contributed by atoms with Crippen molar-refractivity contribution in [3.05, 3.63) is 29.8 Å². The summed E-state index contributed by atoms with van der Waals surface area (Å²) in [5.41, 5.74) is -1.27. The summed E-state index contributed by atoms with van der Waals surface area (Å²) >= 11 is 0. The Bertz CT molecular complexity index is 565. The predicted octanol–water partition coefficient (Wildman–Crippen LogP) is 2.29. The normalized spacial score (nSPS) is 21.9. The zero-order valence-corrected chi connectivity index (χ0v) is 10.8. The average molecular weight is 284 g/mol. The van der Waals surface area contributed by atoms with Crippen molar-refractivity contribution in [2.75, 3.05) is 18.4 Å². The number of carbonyl (C=O) groups is 2. The van der Waals surface area contributed by atoms with Crippen LogP contribution in [0, 0.1) is 17.0 Å². The lowest BCUT2D eigenvalue weighted by Crippen LogP contribution is -2.37. The van der Waals surface area contributed by atoms with Crippen molar-refractivity contribution in [1.29, 1.82) is 0 Å². The van der Waals surface area contributed by atoms with E-state index >= 15 is 0 Å². The summed E-state index contributed by atoms with van der Waals surface area (Å²) in [5, 5.41) is 11.3. The van der Waals surface area contributed by atoms with Gasteiger partial charge in [-0.15, -0.1) is 0 Å². The topological polar surface area (TPSA) is 69.6 Å². The molecule has 1 atom stereocenters. The molecule has 0 saturated carbocycles. The van der Waals surface area contributed by atoms with Crippen molar-refractivity contribution in [2.45, 2.75) is 13.3 Å². The fourth-order valence-electron chi connectivity index (χ4n) is 2.10. The Morgan fingerprint density at radius 2 is 2.10 bits per heavy atom. The Balaban J connectivity index is 2.07. The van der Waals surface area contributed by atoms with Gasteiger partial charge in [0.05, 0.1) is 11.1 Å². The first kappa shape index (κ1) is 14.2. The van der Waals surface area contributed by atoms with Gasteiger partial charge in [0.15, 0.2) is 11.6 Å². The van der Waals surface area contributed by atoms with E-state index in [9.17, 15) is 18.4 Å². The highest BCUT2D eigenvalue weighted by molar-refractivity contribution is 5.90. The van der Waals surface area contributed by atoms with Gasteiger partial charge in [-0.05, 0) is 25.5 Å². The van der Waals surface area contributed by atoms with Crippen LogP contribution < -0.4 is 5.32 Å². The fraction of sp³-hybridized carbons (Fsp3) is 0.385. The van der Waals surface area contributed by atoms with Crippen LogP contribution in [0.25, 0.3) is 0 Å². The number of anilines is 1. The maximum Gasteiger partial charge on any atom is 0.321 e. The number of benzene rings is 1. The number of hydrogen-bond donors (Lipinski definition) is 2. The highest BCUT2D eigenvalue weighted by atomic mass is 19.2. The first-order valence-corrected chi connectivity index (χ1v) is 6.07. The van der Waals surface area contributed by atoms with E-state index in [1.807, 2.05) is 0 Å². The molecule has 0 aromatic heterocycles. The Morgan fingerprint density at radius 3 is 2.70 bits per heavy atom. The molecular weight excluding hydrogens is 270 g/mol. The second-order valence-electron chi connectivity index (χ2n) is 5.07. The summed E-state index contributed by atoms with van der Waals surface area (Å²) in [7, 11) is 0. The Labute approximate surface area is 114 Å². The van der Waals surface area contributed by atoms with Crippen molar-refractivity contribution in [3.8, 4) is 0 Å². The van der Waals surface area contributed by atoms with Crippen LogP contribution in [0.3, 0.4) is 0 Å². The van der Waals surface area contributed by atoms with Crippen molar-refractivity contribution < 1.29 is 23.5 Å². The minimum absolute atomic E-state index is 0.0328. The van der Waals surface area contributed by atoms with E-state index in [-0.39, 0.29) is 18.8 Å². The monoisotopic (exact) mass is 284 g/mol. The number of urea groups is 1. The van der Waals surface area contributed by atoms with Crippen LogP contribution in [0.4, 0.5) is 19.3 Å². The van der Waals surface area contributed by atoms with E-state index in [4.69, 9.17) is 5.11 Å². The van der Waals surface area contributed by atoms with E-state index in [1.165, 1.54) is 17.0 Å². The number of aliphatic carboxylic acids is 1. The molecule has 1 saturated heterocycles. The average Bonchev–Trinajstić information content (AvgIpc) is 2.79. The first-order chi connectivity index (χ1) is 9.33. The molecule has 2 N–H and O–H groups in total. The van der Waals surface area contributed by atoms with Gasteiger partial charge in [0.2, 0.25) is 0 Å². The first-order valence-electron chi connectivity index (χ1n) is 6.07. The number of hydrogen-bond acceptors (Lipinski definition) is 2. The predicted molar refractivity (Wildman–Crippen MR) is 67.3 cm³/mol. The second-order valence-corrected chi connectivity index (χ2v) is 5.07. The zero-order valence-electron chi connectivity index (χ0n) is 10.8. The van der Waals surface area contributed by atoms with Gasteiger partial charge in [-0.3, -0.25) is 4.79 Å². The van der Waals surface area contributed by atoms with Crippen LogP contribution in [-0.4, -0.2) is 35.1 Å². The maximum absolute atomic E-state index is 13.4. The molecule has 5 nitrogen and oxygen atoms in total. The molecule has 108 valence electrons. The minimum atomic E-state index is -1.14. The van der Waals surface area contributed by atoms with E-state index in [0.717, 1.165) is 6.07 Å². The minimum Gasteiger partial charge on any atom is -0.481 e. The van der Waals surface area contributed by atoms with Gasteiger partial charge in [0.25, 0.3) is 0 Å². The van der Waals surface area contributed by atoms with Crippen LogP contribution in [-0.2, 0) is 4.79 Å². The van der Waals surface area contributed by atoms with Gasteiger partial charge in [-0.2, -0.15) is 0 Å². The molecule has 0 aliphatic carbocycles. The molecule has 2 amide bonds. The molecule has 1 aliphatic rings. The number of carboxylic acids is 1. The second kappa shape index (κ2) is 5.07. The number of nitrogens with one attached hydrogen (secondary N) is 1. The Morgan fingerprint density at radius 1 is 1.40 bits per heavy atom. The van der Waals surface area contributed by atoms with E-state index < -0.39 is 29.0 Å². The van der Waals surface area contributed by atoms with Crippen molar-refractivity contribution in [1.82, 2.24) is 4.90 Å². The standard InChI is InChI=1S/C13H14F2N2O3/c1-13(11(18)19)5-6-17(7-13)12(20)16-9-4-2-3-8(14)10(9)15/h2-4H,5-7H2,1H3,(H,16,20)(H,18,19). The highest BCUT2D eigenvalue weighted by Crippen LogP contribution is 2.30. The zero-order chi connectivity index (χ0) is 14.9. The van der Waals surface area contributed by atoms with Crippen LogP contribution in [0.2, 0.25) is 0 Å². The molecule has 0 bridgehead atoms. The largest absolute Gasteiger partial charge is 0.481 e. The van der Waals surface area contributed by atoms with Crippen LogP contribution >= 0.6 is 0 Å². The van der Waals surface area contributed by atoms with Gasteiger partial charge in [0, 0.05) is 13.1 Å². The van der Waals surface area contributed by atoms with Crippen molar-refractivity contribution in [2.24, 2.45) is 5.41 Å². The molecular formula is C13H14F2N2O3. The van der Waals surface area contributed by atoms with Crippen LogP contribution in [0.5, 0.6) is 0 Å². The Kier molecular flexibility index (Phi) is 3.61. The van der Waals surface area contributed by atoms with E-state index in [0.29, 0.717) is 6.42 Å². The number of carboxylic acid groups (broad SMARTS) is 1. The van der Waals surface area contributed by atoms with Crippen LogP contribution in [0.15, 0.2) is 18.2 Å². The number of nitrogens with zero attached hydrogens (tertiary/aromatic N) is 1. The van der Waals surface area contributed by atoms with Crippen molar-refractivity contribution >= 4 is 17.7 Å². The Hall–Kier alpha value is -2.18. The molecule has 1 aromatic rings. The summed E-state index contributed by atoms with van der Waals surface area (Å²) in [6.45, 7) is 1.84. The molecule has 1 aliphatic heterocycles.